The lowest BCUT2D eigenvalue weighted by Crippen LogP contribution is -2.28. The van der Waals surface area contributed by atoms with Crippen LogP contribution in [0.25, 0.3) is 0 Å². The molecule has 9 heteroatoms. The monoisotopic (exact) mass is 529 g/mol. The molecule has 7 nitrogen and oxygen atoms in total. The van der Waals surface area contributed by atoms with Crippen molar-refractivity contribution in [1.29, 1.82) is 0 Å². The molecule has 0 aliphatic heterocycles. The van der Waals surface area contributed by atoms with E-state index in [-0.39, 0.29) is 23.6 Å². The quantitative estimate of drug-likeness (QED) is 0.391. The lowest BCUT2D eigenvalue weighted by Gasteiger charge is -2.15. The number of halogens is 1. The summed E-state index contributed by atoms with van der Waals surface area (Å²) < 4.78 is 2.77. The molecule has 33 heavy (non-hydrogen) atoms. The highest BCUT2D eigenvalue weighted by atomic mass is 79.9. The van der Waals surface area contributed by atoms with Crippen LogP contribution in [0.15, 0.2) is 46.0 Å². The summed E-state index contributed by atoms with van der Waals surface area (Å²) in [5, 5.41) is 15.1. The molecule has 2 amide bonds. The van der Waals surface area contributed by atoms with Gasteiger partial charge in [0.05, 0.1) is 17.5 Å². The predicted molar refractivity (Wildman–Crippen MR) is 136 cm³/mol. The summed E-state index contributed by atoms with van der Waals surface area (Å²) in [5.41, 5.74) is 4.64. The fourth-order valence-corrected chi connectivity index (χ4v) is 4.71. The van der Waals surface area contributed by atoms with Crippen molar-refractivity contribution in [3.8, 4) is 0 Å². The van der Waals surface area contributed by atoms with E-state index < -0.39 is 0 Å². The first-order chi connectivity index (χ1) is 15.7. The zero-order valence-corrected chi connectivity index (χ0v) is 21.8. The number of hydrogen-bond donors (Lipinski definition) is 2. The van der Waals surface area contributed by atoms with Crippen molar-refractivity contribution in [1.82, 2.24) is 20.1 Å². The molecule has 174 valence electrons. The third-order valence-electron chi connectivity index (χ3n) is 5.27. The van der Waals surface area contributed by atoms with Crippen molar-refractivity contribution >= 4 is 45.2 Å². The number of nitrogens with one attached hydrogen (secondary N) is 2. The summed E-state index contributed by atoms with van der Waals surface area (Å²) in [6.07, 6.45) is 0. The van der Waals surface area contributed by atoms with Gasteiger partial charge in [-0.3, -0.25) is 9.59 Å². The van der Waals surface area contributed by atoms with Crippen LogP contribution in [0.3, 0.4) is 0 Å². The van der Waals surface area contributed by atoms with Gasteiger partial charge in [0.1, 0.15) is 0 Å². The van der Waals surface area contributed by atoms with E-state index in [1.165, 1.54) is 11.8 Å². The third-order valence-corrected chi connectivity index (χ3v) is 6.89. The topological polar surface area (TPSA) is 88.9 Å². The van der Waals surface area contributed by atoms with E-state index in [0.717, 1.165) is 26.9 Å². The number of amides is 2. The molecule has 2 N–H and O–H groups in total. The Bertz CT molecular complexity index is 1180. The number of aryl methyl sites for hydroxylation is 3. The number of anilines is 1. The summed E-state index contributed by atoms with van der Waals surface area (Å²) in [4.78, 5) is 25.2. The van der Waals surface area contributed by atoms with E-state index in [0.29, 0.717) is 23.1 Å². The maximum absolute atomic E-state index is 12.6. The first-order valence-corrected chi connectivity index (χ1v) is 12.5. The van der Waals surface area contributed by atoms with Crippen LogP contribution in [-0.4, -0.2) is 32.3 Å². The van der Waals surface area contributed by atoms with E-state index in [1.807, 2.05) is 69.5 Å². The van der Waals surface area contributed by atoms with Crippen molar-refractivity contribution in [3.05, 3.63) is 68.9 Å². The van der Waals surface area contributed by atoms with Crippen molar-refractivity contribution in [2.24, 2.45) is 0 Å². The van der Waals surface area contributed by atoms with E-state index in [1.54, 1.807) is 6.07 Å². The molecule has 0 spiro atoms. The van der Waals surface area contributed by atoms with Crippen molar-refractivity contribution < 1.29 is 9.59 Å². The highest BCUT2D eigenvalue weighted by molar-refractivity contribution is 9.10. The molecule has 2 aromatic carbocycles. The molecule has 3 rings (SSSR count). The van der Waals surface area contributed by atoms with Gasteiger partial charge in [0, 0.05) is 16.6 Å². The van der Waals surface area contributed by atoms with Crippen LogP contribution >= 0.6 is 27.7 Å². The number of thioether (sulfide) groups is 1. The molecule has 0 aliphatic rings. The Morgan fingerprint density at radius 3 is 2.55 bits per heavy atom. The molecule has 0 unspecified atom stereocenters. The smallest absolute Gasteiger partial charge is 0.251 e. The van der Waals surface area contributed by atoms with E-state index in [4.69, 9.17) is 0 Å². The van der Waals surface area contributed by atoms with Crippen molar-refractivity contribution in [2.75, 3.05) is 11.1 Å². The Morgan fingerprint density at radius 1 is 1.12 bits per heavy atom. The highest BCUT2D eigenvalue weighted by Gasteiger charge is 2.20. The molecule has 0 saturated heterocycles. The minimum atomic E-state index is -0.333. The van der Waals surface area contributed by atoms with Gasteiger partial charge in [-0.25, -0.2) is 0 Å². The second kappa shape index (κ2) is 11.0. The van der Waals surface area contributed by atoms with Crippen molar-refractivity contribution in [3.63, 3.8) is 0 Å². The molecule has 3 aromatic rings. The number of hydrogen-bond acceptors (Lipinski definition) is 5. The third kappa shape index (κ3) is 6.23. The van der Waals surface area contributed by atoms with E-state index in [9.17, 15) is 9.59 Å². The lowest BCUT2D eigenvalue weighted by molar-refractivity contribution is -0.113. The van der Waals surface area contributed by atoms with Gasteiger partial charge in [0.25, 0.3) is 5.91 Å². The molecule has 0 bridgehead atoms. The summed E-state index contributed by atoms with van der Waals surface area (Å²) in [5.74, 6) is 0.557. The Hall–Kier alpha value is -2.65. The second-order valence-corrected chi connectivity index (χ2v) is 9.70. The SMILES string of the molecule is CCn1c(SCC(=O)Nc2cc(C)c(C)cc2Br)nnc1[C@H](C)NC(=O)c1cccc(C)c1. The maximum atomic E-state index is 12.6. The number of benzene rings is 2. The normalized spacial score (nSPS) is 11.8. The van der Waals surface area contributed by atoms with Gasteiger partial charge < -0.3 is 15.2 Å². The molecule has 0 radical (unpaired) electrons. The standard InChI is InChI=1S/C24H28BrN5O2S/c1-6-30-22(17(5)26-23(32)18-9-7-8-14(2)10-18)28-29-24(30)33-13-21(31)27-20-12-16(4)15(3)11-19(20)25/h7-12,17H,6,13H2,1-5H3,(H,26,32)(H,27,31)/t17-/m0/s1. The molecule has 1 aromatic heterocycles. The molecule has 0 saturated carbocycles. The highest BCUT2D eigenvalue weighted by Crippen LogP contribution is 2.27. The van der Waals surface area contributed by atoms with E-state index >= 15 is 0 Å². The Kier molecular flexibility index (Phi) is 8.31. The van der Waals surface area contributed by atoms with E-state index in [2.05, 4.69) is 36.8 Å². The minimum absolute atomic E-state index is 0.128. The second-order valence-electron chi connectivity index (χ2n) is 7.90. The van der Waals surface area contributed by atoms with Gasteiger partial charge >= 0.3 is 0 Å². The average Bonchev–Trinajstić information content (AvgIpc) is 3.19. The summed E-state index contributed by atoms with van der Waals surface area (Å²) in [6, 6.07) is 11.1. The van der Waals surface area contributed by atoms with Crippen molar-refractivity contribution in [2.45, 2.75) is 52.4 Å². The largest absolute Gasteiger partial charge is 0.342 e. The number of rotatable bonds is 8. The number of carbonyl (C=O) groups is 2. The minimum Gasteiger partial charge on any atom is -0.342 e. The van der Waals surface area contributed by atoms with Gasteiger partial charge in [-0.1, -0.05) is 29.5 Å². The van der Waals surface area contributed by atoms with Gasteiger partial charge in [-0.05, 0) is 85.9 Å². The van der Waals surface area contributed by atoms with Crippen LogP contribution in [0.4, 0.5) is 5.69 Å². The molecule has 1 heterocycles. The van der Waals surface area contributed by atoms with Crippen LogP contribution in [0.2, 0.25) is 0 Å². The molecule has 0 fully saturated rings. The Balaban J connectivity index is 1.64. The van der Waals surface area contributed by atoms with Gasteiger partial charge in [-0.15, -0.1) is 10.2 Å². The fraction of sp³-hybridized carbons (Fsp3) is 0.333. The summed E-state index contributed by atoms with van der Waals surface area (Å²) >= 11 is 4.82. The number of carbonyl (C=O) groups excluding carboxylic acids is 2. The first kappa shape index (κ1) is 25.0. The number of aromatic nitrogens is 3. The maximum Gasteiger partial charge on any atom is 0.251 e. The van der Waals surface area contributed by atoms with Crippen LogP contribution in [0.1, 0.15) is 52.8 Å². The Labute approximate surface area is 206 Å². The zero-order valence-electron chi connectivity index (χ0n) is 19.4. The lowest BCUT2D eigenvalue weighted by atomic mass is 10.1. The van der Waals surface area contributed by atoms with Gasteiger partial charge in [0.15, 0.2) is 11.0 Å². The fourth-order valence-electron chi connectivity index (χ4n) is 3.35. The number of nitrogens with zero attached hydrogens (tertiary/aromatic N) is 3. The molecule has 1 atom stereocenters. The summed E-state index contributed by atoms with van der Waals surface area (Å²) in [7, 11) is 0. The van der Waals surface area contributed by atoms with Gasteiger partial charge in [-0.2, -0.15) is 0 Å². The molecular weight excluding hydrogens is 502 g/mol. The Morgan fingerprint density at radius 2 is 1.85 bits per heavy atom. The first-order valence-electron chi connectivity index (χ1n) is 10.7. The zero-order chi connectivity index (χ0) is 24.1. The van der Waals surface area contributed by atoms with Gasteiger partial charge in [0.2, 0.25) is 5.91 Å². The van der Waals surface area contributed by atoms with Crippen LogP contribution in [-0.2, 0) is 11.3 Å². The average molecular weight is 530 g/mol. The van der Waals surface area contributed by atoms with Crippen LogP contribution in [0.5, 0.6) is 0 Å². The van der Waals surface area contributed by atoms with Crippen LogP contribution in [0, 0.1) is 20.8 Å². The van der Waals surface area contributed by atoms with Crippen LogP contribution < -0.4 is 10.6 Å². The molecule has 0 aliphatic carbocycles. The summed E-state index contributed by atoms with van der Waals surface area (Å²) in [6.45, 7) is 10.5. The predicted octanol–water partition coefficient (Wildman–Crippen LogP) is 5.21. The molecular formula is C24H28BrN5O2S.